The highest BCUT2D eigenvalue weighted by molar-refractivity contribution is 6.31. The number of rotatable bonds is 5. The van der Waals surface area contributed by atoms with Crippen LogP contribution >= 0.6 is 11.6 Å². The first kappa shape index (κ1) is 14.8. The molecule has 3 heterocycles. The van der Waals surface area contributed by atoms with E-state index >= 15 is 0 Å². The molecule has 2 aromatic heterocycles. The summed E-state index contributed by atoms with van der Waals surface area (Å²) in [6.07, 6.45) is 2.46. The summed E-state index contributed by atoms with van der Waals surface area (Å²) in [6, 6.07) is 3.43. The highest BCUT2D eigenvalue weighted by Crippen LogP contribution is 2.19. The number of H-pyrrole nitrogens is 1. The Balaban J connectivity index is 1.51. The zero-order valence-corrected chi connectivity index (χ0v) is 12.6. The number of hydrogen-bond acceptors (Lipinski definition) is 5. The van der Waals surface area contributed by atoms with Gasteiger partial charge >= 0.3 is 0 Å². The summed E-state index contributed by atoms with van der Waals surface area (Å²) in [5.41, 5.74) is 2.41. The highest BCUT2D eigenvalue weighted by Gasteiger charge is 2.21. The lowest BCUT2D eigenvalue weighted by Gasteiger charge is -2.13. The van der Waals surface area contributed by atoms with Crippen LogP contribution in [0.2, 0.25) is 5.02 Å². The van der Waals surface area contributed by atoms with E-state index in [2.05, 4.69) is 25.8 Å². The van der Waals surface area contributed by atoms with Gasteiger partial charge in [-0.15, -0.1) is 0 Å². The third-order valence-corrected chi connectivity index (χ3v) is 3.66. The van der Waals surface area contributed by atoms with E-state index in [0.717, 1.165) is 24.2 Å². The van der Waals surface area contributed by atoms with E-state index in [9.17, 15) is 4.79 Å². The first-order chi connectivity index (χ1) is 10.8. The van der Waals surface area contributed by atoms with Gasteiger partial charge in [-0.2, -0.15) is 5.10 Å². The zero-order chi connectivity index (χ0) is 15.4. The second-order valence-electron chi connectivity index (χ2n) is 4.85. The van der Waals surface area contributed by atoms with Crippen LogP contribution < -0.4 is 15.4 Å². The van der Waals surface area contributed by atoms with Gasteiger partial charge in [0.05, 0.1) is 6.54 Å². The van der Waals surface area contributed by atoms with Crippen molar-refractivity contribution in [1.29, 1.82) is 0 Å². The van der Waals surface area contributed by atoms with Gasteiger partial charge in [-0.05, 0) is 12.1 Å². The van der Waals surface area contributed by atoms with Crippen LogP contribution in [0.25, 0.3) is 0 Å². The number of aromatic nitrogens is 3. The van der Waals surface area contributed by atoms with Gasteiger partial charge in [-0.3, -0.25) is 9.89 Å². The maximum atomic E-state index is 12.1. The zero-order valence-electron chi connectivity index (χ0n) is 11.9. The fourth-order valence-corrected chi connectivity index (χ4v) is 2.46. The molecule has 8 heteroatoms. The number of carbonyl (C=O) groups excluding carboxylic acids is 1. The summed E-state index contributed by atoms with van der Waals surface area (Å²) >= 11 is 5.93. The van der Waals surface area contributed by atoms with Gasteiger partial charge in [0, 0.05) is 37.0 Å². The quantitative estimate of drug-likeness (QED) is 0.712. The molecule has 0 radical (unpaired) electrons. The molecule has 1 amide bonds. The topological polar surface area (TPSA) is 91.9 Å². The lowest BCUT2D eigenvalue weighted by Crippen LogP contribution is -2.31. The fourth-order valence-electron chi connectivity index (χ4n) is 2.29. The van der Waals surface area contributed by atoms with Gasteiger partial charge in [0.2, 0.25) is 5.88 Å². The first-order valence-electron chi connectivity index (χ1n) is 7.04. The molecule has 0 unspecified atom stereocenters. The molecule has 7 nitrogen and oxygen atoms in total. The van der Waals surface area contributed by atoms with Gasteiger partial charge in [0.25, 0.3) is 5.91 Å². The maximum Gasteiger partial charge on any atom is 0.272 e. The van der Waals surface area contributed by atoms with Gasteiger partial charge < -0.3 is 15.4 Å². The second-order valence-corrected chi connectivity index (χ2v) is 5.26. The minimum Gasteiger partial charge on any atom is -0.475 e. The lowest BCUT2D eigenvalue weighted by atomic mass is 10.1. The number of carbonyl (C=O) groups is 1. The smallest absolute Gasteiger partial charge is 0.272 e. The Morgan fingerprint density at radius 3 is 3.27 bits per heavy atom. The average Bonchev–Trinajstić information content (AvgIpc) is 2.97. The lowest BCUT2D eigenvalue weighted by molar-refractivity contribution is 0.0940. The molecule has 1 aliphatic rings. The molecule has 0 bridgehead atoms. The Hall–Kier alpha value is -2.12. The van der Waals surface area contributed by atoms with Crippen LogP contribution in [0, 0.1) is 0 Å². The normalized spacial score (nSPS) is 13.5. The molecular formula is C14H16ClN5O2. The summed E-state index contributed by atoms with van der Waals surface area (Å²) in [5.74, 6) is 0.150. The van der Waals surface area contributed by atoms with Crippen LogP contribution in [0.15, 0.2) is 18.3 Å². The number of aromatic amines is 1. The van der Waals surface area contributed by atoms with Crippen LogP contribution in [0.1, 0.15) is 21.7 Å². The molecule has 116 valence electrons. The third-order valence-electron chi connectivity index (χ3n) is 3.37. The van der Waals surface area contributed by atoms with Gasteiger partial charge in [0.15, 0.2) is 5.69 Å². The van der Waals surface area contributed by atoms with Crippen molar-refractivity contribution >= 4 is 17.5 Å². The van der Waals surface area contributed by atoms with Crippen molar-refractivity contribution < 1.29 is 9.53 Å². The fraction of sp³-hybridized carbons (Fsp3) is 0.357. The molecule has 0 fully saturated rings. The summed E-state index contributed by atoms with van der Waals surface area (Å²) in [4.78, 5) is 16.1. The number of fused-ring (bicyclic) bond motifs is 1. The number of amides is 1. The molecule has 22 heavy (non-hydrogen) atoms. The van der Waals surface area contributed by atoms with Gasteiger partial charge in [-0.1, -0.05) is 11.6 Å². The maximum absolute atomic E-state index is 12.1. The van der Waals surface area contributed by atoms with E-state index in [1.165, 1.54) is 0 Å². The predicted molar refractivity (Wildman–Crippen MR) is 81.1 cm³/mol. The Morgan fingerprint density at radius 2 is 2.41 bits per heavy atom. The molecule has 1 aliphatic heterocycles. The Kier molecular flexibility index (Phi) is 4.55. The summed E-state index contributed by atoms with van der Waals surface area (Å²) in [7, 11) is 0. The standard InChI is InChI=1S/C14H16ClN5O2/c15-10-2-1-4-18-14(10)22-7-6-17-13(21)12-9-8-16-5-3-11(9)19-20-12/h1-2,4,16H,3,5-8H2,(H,17,21)(H,19,20). The molecule has 3 N–H and O–H groups in total. The van der Waals surface area contributed by atoms with Crippen molar-refractivity contribution in [3.8, 4) is 5.88 Å². The van der Waals surface area contributed by atoms with Crippen LogP contribution in [-0.2, 0) is 13.0 Å². The van der Waals surface area contributed by atoms with Crippen LogP contribution in [-0.4, -0.2) is 40.8 Å². The van der Waals surface area contributed by atoms with Gasteiger partial charge in [-0.25, -0.2) is 4.98 Å². The van der Waals surface area contributed by atoms with E-state index in [-0.39, 0.29) is 12.5 Å². The molecule has 0 atom stereocenters. The Labute approximate surface area is 132 Å². The van der Waals surface area contributed by atoms with Crippen molar-refractivity contribution in [2.75, 3.05) is 19.7 Å². The largest absolute Gasteiger partial charge is 0.475 e. The van der Waals surface area contributed by atoms with Crippen LogP contribution in [0.4, 0.5) is 0 Å². The van der Waals surface area contributed by atoms with E-state index in [1.807, 2.05) is 0 Å². The highest BCUT2D eigenvalue weighted by atomic mass is 35.5. The van der Waals surface area contributed by atoms with E-state index < -0.39 is 0 Å². The van der Waals surface area contributed by atoms with Crippen molar-refractivity contribution in [1.82, 2.24) is 25.8 Å². The second kappa shape index (κ2) is 6.76. The Morgan fingerprint density at radius 1 is 1.50 bits per heavy atom. The number of pyridine rings is 1. The summed E-state index contributed by atoms with van der Waals surface area (Å²) < 4.78 is 5.42. The molecular weight excluding hydrogens is 306 g/mol. The molecule has 0 spiro atoms. The number of ether oxygens (including phenoxy) is 1. The monoisotopic (exact) mass is 321 g/mol. The molecule has 0 saturated carbocycles. The molecule has 0 aromatic carbocycles. The van der Waals surface area contributed by atoms with Crippen LogP contribution in [0.3, 0.4) is 0 Å². The van der Waals surface area contributed by atoms with Crippen molar-refractivity contribution in [3.05, 3.63) is 40.3 Å². The van der Waals surface area contributed by atoms with Crippen molar-refractivity contribution in [2.24, 2.45) is 0 Å². The summed E-state index contributed by atoms with van der Waals surface area (Å²) in [5, 5.41) is 13.5. The van der Waals surface area contributed by atoms with Gasteiger partial charge in [0.1, 0.15) is 11.6 Å². The first-order valence-corrected chi connectivity index (χ1v) is 7.42. The molecule has 0 aliphatic carbocycles. The van der Waals surface area contributed by atoms with E-state index in [0.29, 0.717) is 29.7 Å². The minimum absolute atomic E-state index is 0.211. The minimum atomic E-state index is -0.211. The van der Waals surface area contributed by atoms with E-state index in [1.54, 1.807) is 18.3 Å². The van der Waals surface area contributed by atoms with Crippen molar-refractivity contribution in [3.63, 3.8) is 0 Å². The average molecular weight is 322 g/mol. The third kappa shape index (κ3) is 3.20. The molecule has 3 rings (SSSR count). The SMILES string of the molecule is O=C(NCCOc1ncccc1Cl)c1n[nH]c2c1CNCC2. The predicted octanol–water partition coefficient (Wildman–Crippen LogP) is 0.913. The number of hydrogen-bond donors (Lipinski definition) is 3. The van der Waals surface area contributed by atoms with Crippen molar-refractivity contribution in [2.45, 2.75) is 13.0 Å². The number of nitrogens with one attached hydrogen (secondary N) is 3. The summed E-state index contributed by atoms with van der Waals surface area (Å²) in [6.45, 7) is 2.19. The molecule has 2 aromatic rings. The van der Waals surface area contributed by atoms with E-state index in [4.69, 9.17) is 16.3 Å². The Bertz CT molecular complexity index is 673. The van der Waals surface area contributed by atoms with Crippen LogP contribution in [0.5, 0.6) is 5.88 Å². The number of halogens is 1. The number of nitrogens with zero attached hydrogens (tertiary/aromatic N) is 2. The molecule has 0 saturated heterocycles.